The molecule has 2 rings (SSSR count). The molecule has 4 heteroatoms. The van der Waals surface area contributed by atoms with E-state index in [0.717, 1.165) is 0 Å². The van der Waals surface area contributed by atoms with Crippen LogP contribution in [0, 0.1) is 5.92 Å². The SMILES string of the molecule is CCC1=C(CC)C(C2=CC=CC2)[C]([Zr]([CH3])([CH3])=[SiH2])=C1CC.Cl.Cl. The molecule has 1 atom stereocenters. The summed E-state index contributed by atoms with van der Waals surface area (Å²) in [5.41, 5.74) is 6.91. The largest absolute Gasteiger partial charge is 0.147 e. The Morgan fingerprint density at radius 3 is 2.00 bits per heavy atom. The van der Waals surface area contributed by atoms with Gasteiger partial charge in [-0.3, -0.25) is 0 Å². The molecule has 0 saturated carbocycles. The van der Waals surface area contributed by atoms with Crippen molar-refractivity contribution >= 4 is 31.7 Å². The molecule has 0 aromatic rings. The number of allylic oxidation sites excluding steroid dienone is 8. The number of hydrogen-bond acceptors (Lipinski definition) is 0. The van der Waals surface area contributed by atoms with Crippen molar-refractivity contribution in [3.8, 4) is 0 Å². The molecular formula is C18H31Cl2SiZr. The van der Waals surface area contributed by atoms with Crippen molar-refractivity contribution in [3.05, 3.63) is 43.8 Å². The normalized spacial score (nSPS) is 21.0. The molecule has 0 nitrogen and oxygen atoms in total. The van der Waals surface area contributed by atoms with Crippen molar-refractivity contribution < 1.29 is 18.9 Å². The maximum absolute atomic E-state index is 2.61. The van der Waals surface area contributed by atoms with Gasteiger partial charge >= 0.3 is 131 Å². The van der Waals surface area contributed by atoms with E-state index in [2.05, 4.69) is 55.1 Å². The van der Waals surface area contributed by atoms with Gasteiger partial charge in [-0.05, 0) is 0 Å². The zero-order valence-electron chi connectivity index (χ0n) is 14.7. The Labute approximate surface area is 155 Å². The van der Waals surface area contributed by atoms with Crippen LogP contribution in [0.3, 0.4) is 0 Å². The third-order valence-electron chi connectivity index (χ3n) is 4.70. The molecule has 0 aliphatic heterocycles. The summed E-state index contributed by atoms with van der Waals surface area (Å²) in [5, 5.41) is 0. The molecule has 2 aliphatic rings. The van der Waals surface area contributed by atoms with Crippen molar-refractivity contribution in [3.63, 3.8) is 0 Å². The quantitative estimate of drug-likeness (QED) is 0.468. The molecule has 0 fully saturated rings. The van der Waals surface area contributed by atoms with Crippen LogP contribution in [0.1, 0.15) is 46.5 Å². The van der Waals surface area contributed by atoms with Crippen LogP contribution in [0.4, 0.5) is 0 Å². The first-order chi connectivity index (χ1) is 9.45. The summed E-state index contributed by atoms with van der Waals surface area (Å²) in [4.78, 5) is 0. The Bertz CT molecular complexity index is 576. The van der Waals surface area contributed by atoms with Gasteiger partial charge in [0, 0.05) is 0 Å². The van der Waals surface area contributed by atoms with E-state index < -0.39 is 18.9 Å². The van der Waals surface area contributed by atoms with E-state index in [9.17, 15) is 0 Å². The van der Waals surface area contributed by atoms with Crippen LogP contribution >= 0.6 is 24.8 Å². The maximum Gasteiger partial charge on any atom is -0.147 e. The average Bonchev–Trinajstić information content (AvgIpc) is 3.01. The zero-order valence-corrected chi connectivity index (χ0v) is 20.2. The van der Waals surface area contributed by atoms with Crippen LogP contribution in [-0.2, 0) is 18.9 Å². The van der Waals surface area contributed by atoms with E-state index in [1.54, 1.807) is 22.3 Å². The molecule has 0 bridgehead atoms. The fraction of sp³-hybridized carbons (Fsp3) is 0.556. The molecule has 1 unspecified atom stereocenters. The van der Waals surface area contributed by atoms with E-state index in [4.69, 9.17) is 0 Å². The van der Waals surface area contributed by atoms with Gasteiger partial charge in [-0.25, -0.2) is 0 Å². The van der Waals surface area contributed by atoms with Gasteiger partial charge in [-0.1, -0.05) is 0 Å². The van der Waals surface area contributed by atoms with E-state index >= 15 is 0 Å². The molecular weight excluding hydrogens is 406 g/mol. The van der Waals surface area contributed by atoms with Crippen LogP contribution in [-0.4, -0.2) is 6.88 Å². The third kappa shape index (κ3) is 4.18. The molecule has 22 heavy (non-hydrogen) atoms. The minimum absolute atomic E-state index is 0. The molecule has 0 aromatic heterocycles. The standard InChI is InChI=1S/C16H21.2CH3.2ClH.H2Si.Zr/c1-4-12-11-16(13-9-7-8-10-13)15(6-3)14(12)5-2;;;;;;/h7-9,16H,4-6,10H2,1-3H3;2*1H3;2*1H;1H2;. The first-order valence-corrected chi connectivity index (χ1v) is 20.2. The van der Waals surface area contributed by atoms with E-state index in [1.807, 2.05) is 3.28 Å². The Kier molecular flexibility index (Phi) is 9.48. The van der Waals surface area contributed by atoms with Crippen LogP contribution in [0.15, 0.2) is 43.8 Å². The molecule has 0 amide bonds. The van der Waals surface area contributed by atoms with Crippen LogP contribution in [0.25, 0.3) is 0 Å². The fourth-order valence-electron chi connectivity index (χ4n) is 4.03. The monoisotopic (exact) mass is 435 g/mol. The van der Waals surface area contributed by atoms with Gasteiger partial charge in [0.15, 0.2) is 0 Å². The summed E-state index contributed by atoms with van der Waals surface area (Å²) >= 11 is -2.05. The Morgan fingerprint density at radius 2 is 1.64 bits per heavy atom. The number of hydrogen-bond donors (Lipinski definition) is 0. The molecule has 125 valence electrons. The Hall–Kier alpha value is 0.640. The van der Waals surface area contributed by atoms with Crippen molar-refractivity contribution in [1.29, 1.82) is 0 Å². The van der Waals surface area contributed by atoms with E-state index in [1.165, 1.54) is 25.7 Å². The molecule has 0 spiro atoms. The Morgan fingerprint density at radius 1 is 1.05 bits per heavy atom. The maximum atomic E-state index is 2.61. The summed E-state index contributed by atoms with van der Waals surface area (Å²) in [6, 6.07) is 0. The van der Waals surface area contributed by atoms with E-state index in [0.29, 0.717) is 5.92 Å². The first kappa shape index (κ1) is 22.6. The van der Waals surface area contributed by atoms with Crippen molar-refractivity contribution in [2.45, 2.75) is 55.7 Å². The summed E-state index contributed by atoms with van der Waals surface area (Å²) in [6.45, 7) is 9.44. The summed E-state index contributed by atoms with van der Waals surface area (Å²) in [5.74, 6) is 0.684. The fourth-order valence-corrected chi connectivity index (χ4v) is 12.1. The predicted octanol–water partition coefficient (Wildman–Crippen LogP) is 5.93. The minimum Gasteiger partial charge on any atom is -0.147 e. The van der Waals surface area contributed by atoms with Gasteiger partial charge < -0.3 is 0 Å². The molecule has 0 heterocycles. The number of halogens is 2. The zero-order chi connectivity index (χ0) is 14.9. The van der Waals surface area contributed by atoms with Gasteiger partial charge in [0.2, 0.25) is 0 Å². The molecule has 0 saturated heterocycles. The second-order valence-electron chi connectivity index (χ2n) is 6.65. The summed E-state index contributed by atoms with van der Waals surface area (Å²) in [6.07, 6.45) is 11.8. The van der Waals surface area contributed by atoms with Crippen molar-refractivity contribution in [2.24, 2.45) is 5.92 Å². The second kappa shape index (κ2) is 9.21. The van der Waals surface area contributed by atoms with Crippen molar-refractivity contribution in [2.75, 3.05) is 0 Å². The van der Waals surface area contributed by atoms with Crippen molar-refractivity contribution in [1.82, 2.24) is 0 Å². The van der Waals surface area contributed by atoms with Gasteiger partial charge in [0.25, 0.3) is 0 Å². The smallest absolute Gasteiger partial charge is 0.147 e. The van der Waals surface area contributed by atoms with Gasteiger partial charge in [-0.2, -0.15) is 0 Å². The average molecular weight is 438 g/mol. The predicted molar refractivity (Wildman–Crippen MR) is 105 cm³/mol. The van der Waals surface area contributed by atoms with Gasteiger partial charge in [-0.15, -0.1) is 24.8 Å². The molecule has 0 aromatic carbocycles. The summed E-state index contributed by atoms with van der Waals surface area (Å²) in [7, 11) is 0. The van der Waals surface area contributed by atoms with Crippen LogP contribution in [0.5, 0.6) is 0 Å². The third-order valence-corrected chi connectivity index (χ3v) is 12.0. The second-order valence-corrected chi connectivity index (χ2v) is 27.7. The molecule has 0 N–H and O–H groups in total. The first-order valence-electron chi connectivity index (χ1n) is 8.12. The Balaban J connectivity index is 0.00000220. The minimum atomic E-state index is -2.05. The van der Waals surface area contributed by atoms with Gasteiger partial charge in [0.1, 0.15) is 0 Å². The number of rotatable bonds is 5. The molecule has 0 radical (unpaired) electrons. The van der Waals surface area contributed by atoms with Crippen LogP contribution < -0.4 is 0 Å². The van der Waals surface area contributed by atoms with Gasteiger partial charge in [0.05, 0.1) is 0 Å². The summed E-state index contributed by atoms with van der Waals surface area (Å²) < 4.78 is 7.14. The topological polar surface area (TPSA) is 0 Å². The van der Waals surface area contributed by atoms with Crippen LogP contribution in [0.2, 0.25) is 9.26 Å². The molecule has 2 aliphatic carbocycles. The van der Waals surface area contributed by atoms with E-state index in [-0.39, 0.29) is 24.8 Å².